The molecule has 0 aromatic carbocycles. The number of aliphatic hydroxyl groups is 2. The lowest BCUT2D eigenvalue weighted by Crippen LogP contribution is -2.45. The average Bonchev–Trinajstić information content (AvgIpc) is 3.41. The van der Waals surface area contributed by atoms with Crippen LogP contribution in [0, 0.1) is 0 Å². The molecule has 0 heterocycles. The van der Waals surface area contributed by atoms with Crippen molar-refractivity contribution in [1.82, 2.24) is 5.32 Å². The van der Waals surface area contributed by atoms with Crippen molar-refractivity contribution in [3.8, 4) is 0 Å². The zero-order chi connectivity index (χ0) is 54.3. The maximum Gasteiger partial charge on any atom is 0.305 e. The summed E-state index contributed by atoms with van der Waals surface area (Å²) in [6, 6.07) is -0.548. The molecule has 0 aliphatic heterocycles. The molecule has 0 radical (unpaired) electrons. The number of hydrogen-bond donors (Lipinski definition) is 3. The SMILES string of the molecule is CCCCCCCC/C=C\CCCCCCCCCC(=O)OCCCCCCCCCCCCCCCCCCC(=O)NC(CO)C(O)CCCCCCCCCCCCCCCCCCCCCCCCCCC. The van der Waals surface area contributed by atoms with Gasteiger partial charge in [0.05, 0.1) is 25.4 Å². The average molecular weight is 1060 g/mol. The Morgan fingerprint density at radius 1 is 0.360 bits per heavy atom. The summed E-state index contributed by atoms with van der Waals surface area (Å²) in [7, 11) is 0. The van der Waals surface area contributed by atoms with Gasteiger partial charge in [0.2, 0.25) is 5.91 Å². The van der Waals surface area contributed by atoms with Gasteiger partial charge in [-0.15, -0.1) is 0 Å². The molecule has 6 heteroatoms. The Morgan fingerprint density at radius 2 is 0.627 bits per heavy atom. The van der Waals surface area contributed by atoms with Crippen LogP contribution in [-0.4, -0.2) is 47.4 Å². The molecule has 0 saturated heterocycles. The van der Waals surface area contributed by atoms with Gasteiger partial charge < -0.3 is 20.3 Å². The van der Waals surface area contributed by atoms with Crippen LogP contribution >= 0.6 is 0 Å². The number of carbonyl (C=O) groups is 2. The van der Waals surface area contributed by atoms with Crippen molar-refractivity contribution >= 4 is 11.9 Å². The first-order valence-electron chi connectivity index (χ1n) is 34.4. The van der Waals surface area contributed by atoms with Crippen molar-refractivity contribution in [2.45, 2.75) is 405 Å². The van der Waals surface area contributed by atoms with Crippen molar-refractivity contribution in [3.63, 3.8) is 0 Å². The summed E-state index contributed by atoms with van der Waals surface area (Å²) in [6.07, 6.45) is 79.5. The predicted octanol–water partition coefficient (Wildman–Crippen LogP) is 22.0. The van der Waals surface area contributed by atoms with E-state index in [2.05, 4.69) is 31.3 Å². The summed E-state index contributed by atoms with van der Waals surface area (Å²) in [5.41, 5.74) is 0. The molecule has 0 bridgehead atoms. The molecule has 2 atom stereocenters. The van der Waals surface area contributed by atoms with E-state index in [0.29, 0.717) is 25.9 Å². The molecule has 2 unspecified atom stereocenters. The van der Waals surface area contributed by atoms with E-state index in [1.807, 2.05) is 0 Å². The quantitative estimate of drug-likeness (QED) is 0.0320. The molecule has 0 spiro atoms. The van der Waals surface area contributed by atoms with E-state index >= 15 is 0 Å². The third-order valence-corrected chi connectivity index (χ3v) is 16.3. The van der Waals surface area contributed by atoms with Crippen LogP contribution in [-0.2, 0) is 14.3 Å². The molecular weight excluding hydrogens is 923 g/mol. The van der Waals surface area contributed by atoms with Crippen LogP contribution in [0.5, 0.6) is 0 Å². The number of unbranched alkanes of at least 4 members (excludes halogenated alkanes) is 52. The van der Waals surface area contributed by atoms with Crippen molar-refractivity contribution in [1.29, 1.82) is 0 Å². The van der Waals surface area contributed by atoms with Gasteiger partial charge in [-0.3, -0.25) is 9.59 Å². The van der Waals surface area contributed by atoms with Crippen molar-refractivity contribution < 1.29 is 24.5 Å². The lowest BCUT2D eigenvalue weighted by atomic mass is 10.0. The van der Waals surface area contributed by atoms with Crippen LogP contribution in [0.1, 0.15) is 393 Å². The summed E-state index contributed by atoms with van der Waals surface area (Å²) >= 11 is 0. The first kappa shape index (κ1) is 73.6. The lowest BCUT2D eigenvalue weighted by molar-refractivity contribution is -0.143. The second-order valence-electron chi connectivity index (χ2n) is 23.9. The van der Waals surface area contributed by atoms with E-state index < -0.39 is 12.1 Å². The van der Waals surface area contributed by atoms with Gasteiger partial charge >= 0.3 is 5.97 Å². The molecule has 0 aromatic heterocycles. The Balaban J connectivity index is 3.40. The maximum absolute atomic E-state index is 12.6. The van der Waals surface area contributed by atoms with Crippen LogP contribution in [0.15, 0.2) is 12.2 Å². The molecule has 75 heavy (non-hydrogen) atoms. The van der Waals surface area contributed by atoms with Gasteiger partial charge in [-0.25, -0.2) is 0 Å². The van der Waals surface area contributed by atoms with Gasteiger partial charge in [0.25, 0.3) is 0 Å². The van der Waals surface area contributed by atoms with Gasteiger partial charge in [-0.05, 0) is 51.4 Å². The number of allylic oxidation sites excluding steroid dienone is 2. The largest absolute Gasteiger partial charge is 0.466 e. The molecule has 0 fully saturated rings. The van der Waals surface area contributed by atoms with Crippen molar-refractivity contribution in [3.05, 3.63) is 12.2 Å². The van der Waals surface area contributed by atoms with Crippen LogP contribution < -0.4 is 5.32 Å². The van der Waals surface area contributed by atoms with Gasteiger partial charge in [0, 0.05) is 12.8 Å². The van der Waals surface area contributed by atoms with Gasteiger partial charge in [-0.1, -0.05) is 341 Å². The Hall–Kier alpha value is -1.40. The number of amides is 1. The van der Waals surface area contributed by atoms with Crippen molar-refractivity contribution in [2.75, 3.05) is 13.2 Å². The second-order valence-corrected chi connectivity index (χ2v) is 23.9. The topological polar surface area (TPSA) is 95.9 Å². The minimum atomic E-state index is -0.670. The highest BCUT2D eigenvalue weighted by atomic mass is 16.5. The fourth-order valence-electron chi connectivity index (χ4n) is 11.1. The normalized spacial score (nSPS) is 12.5. The number of esters is 1. The molecule has 0 aromatic rings. The van der Waals surface area contributed by atoms with Gasteiger partial charge in [-0.2, -0.15) is 0 Å². The first-order chi connectivity index (χ1) is 37.0. The molecule has 0 saturated carbocycles. The number of rotatable bonds is 65. The summed E-state index contributed by atoms with van der Waals surface area (Å²) < 4.78 is 5.49. The summed E-state index contributed by atoms with van der Waals surface area (Å²) in [4.78, 5) is 24.6. The van der Waals surface area contributed by atoms with E-state index in [4.69, 9.17) is 4.74 Å². The van der Waals surface area contributed by atoms with Crippen LogP contribution in [0.2, 0.25) is 0 Å². The van der Waals surface area contributed by atoms with E-state index in [-0.39, 0.29) is 18.5 Å². The fourth-order valence-corrected chi connectivity index (χ4v) is 11.1. The van der Waals surface area contributed by atoms with E-state index in [1.165, 1.54) is 315 Å². The number of ether oxygens (including phenoxy) is 1. The minimum Gasteiger partial charge on any atom is -0.466 e. The number of nitrogens with one attached hydrogen (secondary N) is 1. The highest BCUT2D eigenvalue weighted by molar-refractivity contribution is 5.76. The monoisotopic (exact) mass is 1060 g/mol. The standard InChI is InChI=1S/C69H135NO5/c1-3-5-7-9-11-13-15-17-19-21-22-23-24-25-26-27-28-30-33-37-41-45-49-53-57-61-67(72)66(65-71)70-68(73)62-58-54-50-46-42-38-34-31-32-36-40-44-48-52-56-60-64-75-69(74)63-59-55-51-47-43-39-35-29-20-18-16-14-12-10-8-6-4-2/h18,20,66-67,71-72H,3-17,19,21-65H2,1-2H3,(H,70,73)/b20-18-. The molecule has 6 nitrogen and oxygen atoms in total. The zero-order valence-electron chi connectivity index (χ0n) is 51.1. The van der Waals surface area contributed by atoms with Crippen LogP contribution in [0.4, 0.5) is 0 Å². The molecule has 1 amide bonds. The third-order valence-electron chi connectivity index (χ3n) is 16.3. The molecule has 0 aliphatic rings. The molecule has 0 rings (SSSR count). The summed E-state index contributed by atoms with van der Waals surface area (Å²) in [6.45, 7) is 4.97. The summed E-state index contributed by atoms with van der Waals surface area (Å²) in [5, 5.41) is 23.4. The third kappa shape index (κ3) is 61.7. The van der Waals surface area contributed by atoms with Gasteiger partial charge in [0.1, 0.15) is 0 Å². The maximum atomic E-state index is 12.6. The van der Waals surface area contributed by atoms with Crippen molar-refractivity contribution in [2.24, 2.45) is 0 Å². The van der Waals surface area contributed by atoms with E-state index in [9.17, 15) is 19.8 Å². The molecule has 0 aliphatic carbocycles. The molecule has 3 N–H and O–H groups in total. The first-order valence-corrected chi connectivity index (χ1v) is 34.4. The Labute approximate surface area is 469 Å². The molecule has 446 valence electrons. The second kappa shape index (κ2) is 65.1. The highest BCUT2D eigenvalue weighted by Crippen LogP contribution is 2.19. The minimum absolute atomic E-state index is 0.00146. The molecular formula is C69H135NO5. The summed E-state index contributed by atoms with van der Waals surface area (Å²) in [5.74, 6) is -0.0352. The Morgan fingerprint density at radius 3 is 0.947 bits per heavy atom. The van der Waals surface area contributed by atoms with Crippen LogP contribution in [0.3, 0.4) is 0 Å². The smallest absolute Gasteiger partial charge is 0.305 e. The number of aliphatic hydroxyl groups excluding tert-OH is 2. The highest BCUT2D eigenvalue weighted by Gasteiger charge is 2.20. The Kier molecular flexibility index (Phi) is 63.9. The van der Waals surface area contributed by atoms with Crippen LogP contribution in [0.25, 0.3) is 0 Å². The lowest BCUT2D eigenvalue weighted by Gasteiger charge is -2.22. The number of carbonyl (C=O) groups excluding carboxylic acids is 2. The predicted molar refractivity (Wildman–Crippen MR) is 329 cm³/mol. The van der Waals surface area contributed by atoms with E-state index in [0.717, 1.165) is 44.9 Å². The number of hydrogen-bond acceptors (Lipinski definition) is 5. The zero-order valence-corrected chi connectivity index (χ0v) is 51.1. The Bertz CT molecular complexity index is 1130. The van der Waals surface area contributed by atoms with Gasteiger partial charge in [0.15, 0.2) is 0 Å². The van der Waals surface area contributed by atoms with E-state index in [1.54, 1.807) is 0 Å². The fraction of sp³-hybridized carbons (Fsp3) is 0.942.